The van der Waals surface area contributed by atoms with Gasteiger partial charge in [0.1, 0.15) is 11.4 Å². The lowest BCUT2D eigenvalue weighted by Crippen LogP contribution is -2.20. The van der Waals surface area contributed by atoms with Crippen molar-refractivity contribution in [2.45, 2.75) is 6.92 Å². The number of aliphatic imine (C=N–C) groups is 1. The normalized spacial score (nSPS) is 11.8. The molecule has 0 aliphatic heterocycles. The van der Waals surface area contributed by atoms with E-state index in [1.54, 1.807) is 6.21 Å². The minimum Gasteiger partial charge on any atom is -0.260 e. The number of aromatic nitrogens is 3. The molecule has 39 heavy (non-hydrogen) atoms. The number of nitrogens with zero attached hydrogens (tertiary/aromatic N) is 5. The number of hydrogen-bond acceptors (Lipinski definition) is 4. The molecule has 0 aliphatic carbocycles. The van der Waals surface area contributed by atoms with E-state index in [9.17, 15) is 0 Å². The van der Waals surface area contributed by atoms with Crippen LogP contribution in [-0.4, -0.2) is 26.8 Å². The third kappa shape index (κ3) is 5.50. The summed E-state index contributed by atoms with van der Waals surface area (Å²) in [5.74, 6) is 0.553. The lowest BCUT2D eigenvalue weighted by atomic mass is 10.1. The number of pyridine rings is 1. The highest BCUT2D eigenvalue weighted by Gasteiger charge is 2.12. The SMILES string of the molecule is Cc1ccc(N=C(N/N=C/c2cn(-c3ccccc3)nc2-c2ccccc2)c2ccc3ccccc3n2)cc1. The number of para-hydroxylation sites is 2. The third-order valence-electron chi connectivity index (χ3n) is 6.30. The second-order valence-electron chi connectivity index (χ2n) is 9.13. The van der Waals surface area contributed by atoms with Crippen LogP contribution in [0.3, 0.4) is 0 Å². The molecule has 6 aromatic rings. The van der Waals surface area contributed by atoms with E-state index in [2.05, 4.69) is 17.5 Å². The maximum absolute atomic E-state index is 4.87. The molecule has 6 rings (SSSR count). The molecular weight excluding hydrogens is 480 g/mol. The maximum atomic E-state index is 4.87. The van der Waals surface area contributed by atoms with Gasteiger partial charge in [-0.15, -0.1) is 0 Å². The summed E-state index contributed by atoms with van der Waals surface area (Å²) in [4.78, 5) is 9.69. The first-order valence-electron chi connectivity index (χ1n) is 12.7. The summed E-state index contributed by atoms with van der Waals surface area (Å²) in [5.41, 5.74) is 10.5. The molecule has 4 aromatic carbocycles. The molecule has 0 bridgehead atoms. The van der Waals surface area contributed by atoms with E-state index in [4.69, 9.17) is 15.1 Å². The molecule has 0 saturated carbocycles. The van der Waals surface area contributed by atoms with Crippen LogP contribution >= 0.6 is 0 Å². The van der Waals surface area contributed by atoms with Gasteiger partial charge in [-0.25, -0.2) is 14.7 Å². The molecule has 0 fully saturated rings. The van der Waals surface area contributed by atoms with Crippen LogP contribution in [0, 0.1) is 6.92 Å². The average molecular weight is 507 g/mol. The number of fused-ring (bicyclic) bond motifs is 1. The highest BCUT2D eigenvalue weighted by atomic mass is 15.3. The summed E-state index contributed by atoms with van der Waals surface area (Å²) in [6, 6.07) is 40.2. The molecule has 0 atom stereocenters. The first kappa shape index (κ1) is 24.0. The van der Waals surface area contributed by atoms with E-state index in [1.807, 2.05) is 132 Å². The highest BCUT2D eigenvalue weighted by Crippen LogP contribution is 2.22. The standard InChI is InChI=1S/C33H26N6/c1-24-16-19-28(20-17-24)35-33(31-21-18-25-10-8-9-15-30(25)36-31)37-34-22-27-23-39(29-13-6-3-7-14-29)38-32(27)26-11-4-2-5-12-26/h2-23H,1H3,(H,35,37)/b34-22+. The van der Waals surface area contributed by atoms with Crippen LogP contribution < -0.4 is 5.43 Å². The summed E-state index contributed by atoms with van der Waals surface area (Å²) in [6.07, 6.45) is 3.76. The lowest BCUT2D eigenvalue weighted by Gasteiger charge is -2.07. The van der Waals surface area contributed by atoms with Crippen LogP contribution in [0.5, 0.6) is 0 Å². The molecule has 6 nitrogen and oxygen atoms in total. The van der Waals surface area contributed by atoms with Gasteiger partial charge in [-0.3, -0.25) is 5.43 Å². The Kier molecular flexibility index (Phi) is 6.74. The molecule has 0 aliphatic rings. The topological polar surface area (TPSA) is 67.5 Å². The van der Waals surface area contributed by atoms with Crippen LogP contribution in [-0.2, 0) is 0 Å². The Bertz CT molecular complexity index is 1770. The van der Waals surface area contributed by atoms with E-state index >= 15 is 0 Å². The van der Waals surface area contributed by atoms with E-state index in [1.165, 1.54) is 5.56 Å². The largest absolute Gasteiger partial charge is 0.260 e. The molecular formula is C33H26N6. The molecule has 0 amide bonds. The van der Waals surface area contributed by atoms with Crippen molar-refractivity contribution < 1.29 is 0 Å². The second-order valence-corrected chi connectivity index (χ2v) is 9.13. The smallest absolute Gasteiger partial charge is 0.173 e. The van der Waals surface area contributed by atoms with Crippen LogP contribution in [0.15, 0.2) is 138 Å². The van der Waals surface area contributed by atoms with Gasteiger partial charge < -0.3 is 0 Å². The monoisotopic (exact) mass is 506 g/mol. The molecule has 2 aromatic heterocycles. The Labute approximate surface area is 227 Å². The minimum absolute atomic E-state index is 0.553. The summed E-state index contributed by atoms with van der Waals surface area (Å²) in [7, 11) is 0. The molecule has 6 heteroatoms. The second kappa shape index (κ2) is 10.9. The molecule has 0 radical (unpaired) electrons. The van der Waals surface area contributed by atoms with Crippen molar-refractivity contribution in [3.05, 3.63) is 144 Å². The van der Waals surface area contributed by atoms with Crippen LogP contribution in [0.2, 0.25) is 0 Å². The first-order chi connectivity index (χ1) is 19.2. The number of benzene rings is 4. The fourth-order valence-corrected chi connectivity index (χ4v) is 4.26. The third-order valence-corrected chi connectivity index (χ3v) is 6.30. The van der Waals surface area contributed by atoms with Gasteiger partial charge >= 0.3 is 0 Å². The number of hydrazone groups is 1. The summed E-state index contributed by atoms with van der Waals surface area (Å²) in [6.45, 7) is 2.06. The van der Waals surface area contributed by atoms with Gasteiger partial charge in [0.2, 0.25) is 0 Å². The first-order valence-corrected chi connectivity index (χ1v) is 12.7. The van der Waals surface area contributed by atoms with Crippen LogP contribution in [0.25, 0.3) is 27.8 Å². The van der Waals surface area contributed by atoms with Crippen LogP contribution in [0.1, 0.15) is 16.8 Å². The fraction of sp³-hybridized carbons (Fsp3) is 0.0303. The Morgan fingerprint density at radius 3 is 2.28 bits per heavy atom. The number of aryl methyl sites for hydroxylation is 1. The van der Waals surface area contributed by atoms with Crippen molar-refractivity contribution >= 4 is 28.6 Å². The summed E-state index contributed by atoms with van der Waals surface area (Å²) >= 11 is 0. The van der Waals surface area contributed by atoms with Crippen molar-refractivity contribution in [3.8, 4) is 16.9 Å². The Morgan fingerprint density at radius 1 is 0.769 bits per heavy atom. The van der Waals surface area contributed by atoms with Crippen molar-refractivity contribution in [2.24, 2.45) is 10.1 Å². The van der Waals surface area contributed by atoms with Gasteiger partial charge in [0.25, 0.3) is 0 Å². The van der Waals surface area contributed by atoms with Crippen molar-refractivity contribution in [1.82, 2.24) is 20.2 Å². The van der Waals surface area contributed by atoms with Crippen molar-refractivity contribution in [2.75, 3.05) is 0 Å². The Morgan fingerprint density at radius 2 is 1.49 bits per heavy atom. The summed E-state index contributed by atoms with van der Waals surface area (Å²) < 4.78 is 1.87. The van der Waals surface area contributed by atoms with Crippen LogP contribution in [0.4, 0.5) is 5.69 Å². The minimum atomic E-state index is 0.553. The lowest BCUT2D eigenvalue weighted by molar-refractivity contribution is 0.884. The predicted octanol–water partition coefficient (Wildman–Crippen LogP) is 7.10. The number of hydrogen-bond donors (Lipinski definition) is 1. The fourth-order valence-electron chi connectivity index (χ4n) is 4.26. The zero-order chi connectivity index (χ0) is 26.4. The van der Waals surface area contributed by atoms with Gasteiger partial charge in [-0.1, -0.05) is 90.5 Å². The quantitative estimate of drug-likeness (QED) is 0.149. The number of rotatable bonds is 6. The zero-order valence-electron chi connectivity index (χ0n) is 21.4. The van der Waals surface area contributed by atoms with Gasteiger partial charge in [0.15, 0.2) is 5.84 Å². The van der Waals surface area contributed by atoms with Crippen molar-refractivity contribution in [1.29, 1.82) is 0 Å². The van der Waals surface area contributed by atoms with Gasteiger partial charge in [0.05, 0.1) is 23.1 Å². The van der Waals surface area contributed by atoms with Gasteiger partial charge in [0, 0.05) is 22.7 Å². The van der Waals surface area contributed by atoms with E-state index < -0.39 is 0 Å². The molecule has 0 saturated heterocycles. The number of amidine groups is 1. The Hall–Kier alpha value is -5.36. The van der Waals surface area contributed by atoms with Crippen molar-refractivity contribution in [3.63, 3.8) is 0 Å². The molecule has 1 N–H and O–H groups in total. The van der Waals surface area contributed by atoms with Gasteiger partial charge in [-0.2, -0.15) is 10.2 Å². The maximum Gasteiger partial charge on any atom is 0.173 e. The summed E-state index contributed by atoms with van der Waals surface area (Å²) in [5, 5.41) is 10.5. The van der Waals surface area contributed by atoms with E-state index in [0.29, 0.717) is 11.5 Å². The van der Waals surface area contributed by atoms with E-state index in [-0.39, 0.29) is 0 Å². The van der Waals surface area contributed by atoms with E-state index in [0.717, 1.165) is 39.1 Å². The molecule has 0 spiro atoms. The molecule has 2 heterocycles. The van der Waals surface area contributed by atoms with Gasteiger partial charge in [-0.05, 0) is 43.3 Å². The predicted molar refractivity (Wildman–Crippen MR) is 159 cm³/mol. The highest BCUT2D eigenvalue weighted by molar-refractivity contribution is 6.01. The average Bonchev–Trinajstić information content (AvgIpc) is 3.42. The Balaban J connectivity index is 1.37. The number of nitrogens with one attached hydrogen (secondary N) is 1. The molecule has 0 unspecified atom stereocenters. The molecule has 188 valence electrons. The zero-order valence-corrected chi connectivity index (χ0v) is 21.4.